The zero-order chi connectivity index (χ0) is 12.6. The Morgan fingerprint density at radius 3 is 2.69 bits per heavy atom. The molecular formula is C10H15FN4S. The second-order valence-electron chi connectivity index (χ2n) is 2.54. The Balaban J connectivity index is 0.00000106. The van der Waals surface area contributed by atoms with Crippen molar-refractivity contribution in [3.63, 3.8) is 0 Å². The maximum absolute atomic E-state index is 12.7. The molecule has 0 aliphatic heterocycles. The van der Waals surface area contributed by atoms with Gasteiger partial charge >= 0.3 is 0 Å². The summed E-state index contributed by atoms with van der Waals surface area (Å²) < 4.78 is 12.7. The normalized spacial score (nSPS) is 10.1. The molecule has 0 aliphatic carbocycles. The smallest absolute Gasteiger partial charge is 0.213 e. The van der Waals surface area contributed by atoms with Crippen LogP contribution < -0.4 is 11.2 Å². The molecule has 0 amide bonds. The highest BCUT2D eigenvalue weighted by Gasteiger charge is 1.99. The van der Waals surface area contributed by atoms with Gasteiger partial charge in [-0.1, -0.05) is 13.8 Å². The van der Waals surface area contributed by atoms with Gasteiger partial charge in [-0.15, -0.1) is 0 Å². The van der Waals surface area contributed by atoms with Crippen molar-refractivity contribution in [1.29, 1.82) is 0 Å². The first kappa shape index (κ1) is 14.4. The highest BCUT2D eigenvalue weighted by Crippen LogP contribution is 2.01. The second-order valence-corrected chi connectivity index (χ2v) is 2.98. The van der Waals surface area contributed by atoms with E-state index in [9.17, 15) is 4.39 Å². The minimum Gasteiger partial charge on any atom is -0.375 e. The zero-order valence-corrected chi connectivity index (χ0v) is 10.3. The van der Waals surface area contributed by atoms with E-state index in [0.717, 1.165) is 0 Å². The average Bonchev–Trinajstić information content (AvgIpc) is 2.28. The molecule has 0 aromatic carbocycles. The minimum absolute atomic E-state index is 0.0684. The molecule has 0 fully saturated rings. The number of nitrogens with zero attached hydrogens (tertiary/aromatic N) is 2. The Labute approximate surface area is 99.8 Å². The summed E-state index contributed by atoms with van der Waals surface area (Å²) in [6.45, 7) is 5.71. The van der Waals surface area contributed by atoms with Gasteiger partial charge < -0.3 is 5.73 Å². The predicted octanol–water partition coefficient (Wildman–Crippen LogP) is 1.80. The predicted molar refractivity (Wildman–Crippen MR) is 67.7 cm³/mol. The fraction of sp³-hybridized carbons (Fsp3) is 0.300. The number of nitrogens with one attached hydrogen (secondary N) is 1. The summed E-state index contributed by atoms with van der Waals surface area (Å²) in [4.78, 5) is 3.42. The van der Waals surface area contributed by atoms with Gasteiger partial charge in [-0.3, -0.25) is 5.43 Å². The van der Waals surface area contributed by atoms with Crippen molar-refractivity contribution in [2.45, 2.75) is 20.8 Å². The summed E-state index contributed by atoms with van der Waals surface area (Å²) in [6.07, 6.45) is 1.37. The second kappa shape index (κ2) is 7.70. The number of hydrogen-bond acceptors (Lipinski definition) is 3. The van der Waals surface area contributed by atoms with Crippen molar-refractivity contribution in [3.8, 4) is 0 Å². The van der Waals surface area contributed by atoms with Crippen molar-refractivity contribution in [2.24, 2.45) is 10.8 Å². The van der Waals surface area contributed by atoms with E-state index in [1.165, 1.54) is 12.3 Å². The molecule has 0 spiro atoms. The molecule has 0 bridgehead atoms. The molecule has 0 atom stereocenters. The molecule has 3 N–H and O–H groups in total. The molecule has 0 saturated carbocycles. The fourth-order valence-corrected chi connectivity index (χ4v) is 0.877. The Hall–Kier alpha value is -1.56. The molecule has 1 heterocycles. The van der Waals surface area contributed by atoms with Gasteiger partial charge in [0.15, 0.2) is 5.11 Å². The lowest BCUT2D eigenvalue weighted by Crippen LogP contribution is -2.25. The molecule has 0 unspecified atom stereocenters. The summed E-state index contributed by atoms with van der Waals surface area (Å²) in [6, 6.07) is 2.92. The van der Waals surface area contributed by atoms with Crippen LogP contribution in [0.1, 0.15) is 26.3 Å². The van der Waals surface area contributed by atoms with Crippen LogP contribution in [0.25, 0.3) is 0 Å². The quantitative estimate of drug-likeness (QED) is 0.359. The van der Waals surface area contributed by atoms with E-state index in [1.54, 1.807) is 13.0 Å². The maximum Gasteiger partial charge on any atom is 0.213 e. The van der Waals surface area contributed by atoms with Gasteiger partial charge in [-0.25, -0.2) is 4.98 Å². The average molecular weight is 242 g/mol. The first-order valence-electron chi connectivity index (χ1n) is 4.81. The molecular weight excluding hydrogens is 227 g/mol. The highest BCUT2D eigenvalue weighted by atomic mass is 32.1. The van der Waals surface area contributed by atoms with Crippen molar-refractivity contribution in [3.05, 3.63) is 29.8 Å². The van der Waals surface area contributed by atoms with Crippen LogP contribution >= 0.6 is 12.2 Å². The Kier molecular flexibility index (Phi) is 6.95. The van der Waals surface area contributed by atoms with Gasteiger partial charge in [-0.2, -0.15) is 9.49 Å². The molecule has 1 rings (SSSR count). The van der Waals surface area contributed by atoms with Gasteiger partial charge in [-0.05, 0) is 25.2 Å². The van der Waals surface area contributed by atoms with Crippen LogP contribution in [0.4, 0.5) is 4.39 Å². The lowest BCUT2D eigenvalue weighted by Gasteiger charge is -2.00. The first-order chi connectivity index (χ1) is 7.59. The van der Waals surface area contributed by atoms with E-state index in [1.807, 2.05) is 13.8 Å². The molecule has 0 radical (unpaired) electrons. The van der Waals surface area contributed by atoms with Crippen LogP contribution in [0.2, 0.25) is 0 Å². The third-order valence-electron chi connectivity index (χ3n) is 1.48. The number of rotatable bonds is 2. The van der Waals surface area contributed by atoms with Crippen LogP contribution in [0, 0.1) is 5.95 Å². The molecule has 4 nitrogen and oxygen atoms in total. The van der Waals surface area contributed by atoms with Crippen molar-refractivity contribution in [1.82, 2.24) is 10.4 Å². The van der Waals surface area contributed by atoms with Gasteiger partial charge in [0, 0.05) is 17.8 Å². The molecule has 16 heavy (non-hydrogen) atoms. The third kappa shape index (κ3) is 5.35. The number of hydrazone groups is 1. The lowest BCUT2D eigenvalue weighted by molar-refractivity contribution is 0.583. The monoisotopic (exact) mass is 242 g/mol. The van der Waals surface area contributed by atoms with E-state index in [-0.39, 0.29) is 5.11 Å². The number of pyridine rings is 1. The van der Waals surface area contributed by atoms with E-state index in [2.05, 4.69) is 27.7 Å². The molecule has 1 aromatic heterocycles. The first-order valence-corrected chi connectivity index (χ1v) is 5.22. The Morgan fingerprint density at radius 1 is 1.56 bits per heavy atom. The topological polar surface area (TPSA) is 63.3 Å². The van der Waals surface area contributed by atoms with Gasteiger partial charge in [0.05, 0.1) is 5.71 Å². The standard InChI is InChI=1S/C8H9FN4S.C2H6/c1-5(12-13-8(10)14)6-2-3-11-7(9)4-6;1-2/h2-4H,1H3,(H3,10,13,14);1-2H3/b12-5+;. The number of aromatic nitrogens is 1. The lowest BCUT2D eigenvalue weighted by atomic mass is 10.2. The van der Waals surface area contributed by atoms with Gasteiger partial charge in [0.25, 0.3) is 0 Å². The highest BCUT2D eigenvalue weighted by molar-refractivity contribution is 7.80. The summed E-state index contributed by atoms with van der Waals surface area (Å²) in [7, 11) is 0. The summed E-state index contributed by atoms with van der Waals surface area (Å²) in [5.74, 6) is -0.549. The Morgan fingerprint density at radius 2 is 2.19 bits per heavy atom. The van der Waals surface area contributed by atoms with Crippen LogP contribution in [0.3, 0.4) is 0 Å². The van der Waals surface area contributed by atoms with Crippen LogP contribution in [0.15, 0.2) is 23.4 Å². The van der Waals surface area contributed by atoms with E-state index in [0.29, 0.717) is 11.3 Å². The summed E-state index contributed by atoms with van der Waals surface area (Å²) in [5.41, 5.74) is 8.80. The number of thiocarbonyl (C=S) groups is 1. The van der Waals surface area contributed by atoms with E-state index < -0.39 is 5.95 Å². The van der Waals surface area contributed by atoms with Gasteiger partial charge in [0.2, 0.25) is 5.95 Å². The molecule has 1 aromatic rings. The van der Waals surface area contributed by atoms with Crippen molar-refractivity contribution < 1.29 is 4.39 Å². The zero-order valence-electron chi connectivity index (χ0n) is 9.49. The summed E-state index contributed by atoms with van der Waals surface area (Å²) >= 11 is 4.56. The number of hydrogen-bond donors (Lipinski definition) is 2. The van der Waals surface area contributed by atoms with Gasteiger partial charge in [0.1, 0.15) is 0 Å². The molecule has 88 valence electrons. The van der Waals surface area contributed by atoms with E-state index in [4.69, 9.17) is 5.73 Å². The van der Waals surface area contributed by atoms with Crippen LogP contribution in [0.5, 0.6) is 0 Å². The van der Waals surface area contributed by atoms with Crippen molar-refractivity contribution >= 4 is 23.0 Å². The van der Waals surface area contributed by atoms with Crippen molar-refractivity contribution in [2.75, 3.05) is 0 Å². The fourth-order valence-electron chi connectivity index (χ4n) is 0.831. The minimum atomic E-state index is -0.549. The van der Waals surface area contributed by atoms with E-state index >= 15 is 0 Å². The molecule has 6 heteroatoms. The largest absolute Gasteiger partial charge is 0.375 e. The van der Waals surface area contributed by atoms with Crippen LogP contribution in [-0.2, 0) is 0 Å². The summed E-state index contributed by atoms with van der Waals surface area (Å²) in [5, 5.41) is 3.91. The van der Waals surface area contributed by atoms with Crippen LogP contribution in [-0.4, -0.2) is 15.8 Å². The number of halogens is 1. The molecule has 0 saturated heterocycles. The third-order valence-corrected chi connectivity index (χ3v) is 1.57. The maximum atomic E-state index is 12.7. The molecule has 0 aliphatic rings. The number of nitrogens with two attached hydrogens (primary N) is 1. The SMILES string of the molecule is C/C(=N\NC(N)=S)c1ccnc(F)c1.CC. The Bertz CT molecular complexity index is 379.